The number of nitrogens with zero attached hydrogens (tertiary/aromatic N) is 4. The highest BCUT2D eigenvalue weighted by Gasteiger charge is 2.48. The molecule has 0 aromatic carbocycles. The zero-order valence-electron chi connectivity index (χ0n) is 20.2. The predicted molar refractivity (Wildman–Crippen MR) is 137 cm³/mol. The van der Waals surface area contributed by atoms with Gasteiger partial charge in [-0.3, -0.25) is 9.78 Å². The summed E-state index contributed by atoms with van der Waals surface area (Å²) in [6, 6.07) is 1.50. The third-order valence-corrected chi connectivity index (χ3v) is 9.63. The second kappa shape index (κ2) is 11.0. The van der Waals surface area contributed by atoms with Gasteiger partial charge >= 0.3 is 11.7 Å². The Bertz CT molecular complexity index is 1250. The Kier molecular flexibility index (Phi) is 8.22. The summed E-state index contributed by atoms with van der Waals surface area (Å²) in [4.78, 5) is 44.2. The van der Waals surface area contributed by atoms with E-state index < -0.39 is 33.4 Å². The van der Waals surface area contributed by atoms with Crippen molar-refractivity contribution in [3.8, 4) is 6.07 Å². The molecule has 0 saturated heterocycles. The van der Waals surface area contributed by atoms with Crippen LogP contribution in [0.1, 0.15) is 91.1 Å². The van der Waals surface area contributed by atoms with Crippen molar-refractivity contribution in [2.75, 3.05) is 6.61 Å². The number of aromatic nitrogens is 4. The lowest BCUT2D eigenvalue weighted by Crippen LogP contribution is -2.48. The molecule has 0 bridgehead atoms. The minimum absolute atomic E-state index is 0.178. The van der Waals surface area contributed by atoms with Crippen molar-refractivity contribution in [1.82, 2.24) is 19.7 Å². The monoisotopic (exact) mass is 553 g/mol. The molecule has 36 heavy (non-hydrogen) atoms. The number of aromatic amines is 1. The lowest BCUT2D eigenvalue weighted by Gasteiger charge is -2.44. The molecule has 2 heterocycles. The quantitative estimate of drug-likeness (QED) is 0.417. The zero-order chi connectivity index (χ0) is 26.0. The van der Waals surface area contributed by atoms with E-state index in [0.717, 1.165) is 42.6 Å². The van der Waals surface area contributed by atoms with Gasteiger partial charge in [0.2, 0.25) is 0 Å². The van der Waals surface area contributed by atoms with E-state index in [1.54, 1.807) is 0 Å². The molecule has 12 heteroatoms. The largest absolute Gasteiger partial charge is 0.446 e. The second-order valence-corrected chi connectivity index (χ2v) is 12.2. The van der Waals surface area contributed by atoms with Crippen molar-refractivity contribution in [2.24, 2.45) is 5.92 Å². The average molecular weight is 555 g/mol. The first kappa shape index (κ1) is 26.8. The first-order valence-corrected chi connectivity index (χ1v) is 13.8. The van der Waals surface area contributed by atoms with Crippen LogP contribution in [0.2, 0.25) is 0 Å². The van der Waals surface area contributed by atoms with Crippen LogP contribution >= 0.6 is 34.5 Å². The maximum Gasteiger partial charge on any atom is 0.351 e. The normalized spacial score (nSPS) is 25.3. The van der Waals surface area contributed by atoms with Crippen LogP contribution in [0.4, 0.5) is 0 Å². The minimum atomic E-state index is -0.587. The van der Waals surface area contributed by atoms with Gasteiger partial charge in [-0.15, -0.1) is 34.5 Å². The summed E-state index contributed by atoms with van der Waals surface area (Å²) in [6.07, 6.45) is 7.22. The Hall–Kier alpha value is -2.22. The SMILES string of the molecule is CC(C)(c1nc(C2CCCCC2)c(C(=O)OCC#N)s1)C1C(Cl)CC(n2ncc(=O)[nH]c2=O)CC1Cl. The number of alkyl halides is 2. The average Bonchev–Trinajstić information content (AvgIpc) is 3.29. The van der Waals surface area contributed by atoms with E-state index in [1.807, 2.05) is 19.9 Å². The summed E-state index contributed by atoms with van der Waals surface area (Å²) >= 11 is 15.1. The van der Waals surface area contributed by atoms with Crippen molar-refractivity contribution in [2.45, 2.75) is 86.9 Å². The highest BCUT2D eigenvalue weighted by molar-refractivity contribution is 7.13. The second-order valence-electron chi connectivity index (χ2n) is 10.1. The highest BCUT2D eigenvalue weighted by Crippen LogP contribution is 2.49. The van der Waals surface area contributed by atoms with Crippen LogP contribution < -0.4 is 11.2 Å². The first-order valence-electron chi connectivity index (χ1n) is 12.1. The molecule has 0 radical (unpaired) electrons. The predicted octanol–water partition coefficient (Wildman–Crippen LogP) is 4.26. The zero-order valence-corrected chi connectivity index (χ0v) is 22.5. The molecule has 194 valence electrons. The molecule has 2 unspecified atom stereocenters. The summed E-state index contributed by atoms with van der Waals surface area (Å²) in [6.45, 7) is 3.75. The van der Waals surface area contributed by atoms with E-state index in [0.29, 0.717) is 17.7 Å². The number of hydrogen-bond acceptors (Lipinski definition) is 8. The van der Waals surface area contributed by atoms with Gasteiger partial charge in [-0.05, 0) is 25.7 Å². The number of carbonyl (C=O) groups excluding carboxylic acids is 1. The smallest absolute Gasteiger partial charge is 0.351 e. The highest BCUT2D eigenvalue weighted by atomic mass is 35.5. The number of thiazole rings is 1. The summed E-state index contributed by atoms with van der Waals surface area (Å²) in [5, 5.41) is 12.8. The Morgan fingerprint density at radius 3 is 2.53 bits per heavy atom. The van der Waals surface area contributed by atoms with Crippen LogP contribution in [-0.4, -0.2) is 43.1 Å². The van der Waals surface area contributed by atoms with Crippen molar-refractivity contribution in [1.29, 1.82) is 5.26 Å². The van der Waals surface area contributed by atoms with Crippen molar-refractivity contribution in [3.05, 3.63) is 42.6 Å². The molecular formula is C24H29Cl2N5O4S. The van der Waals surface area contributed by atoms with E-state index in [4.69, 9.17) is 38.2 Å². The van der Waals surface area contributed by atoms with E-state index in [-0.39, 0.29) is 24.5 Å². The molecule has 2 atom stereocenters. The fraction of sp³-hybridized carbons (Fsp3) is 0.667. The van der Waals surface area contributed by atoms with Gasteiger partial charge < -0.3 is 4.74 Å². The molecule has 2 aromatic heterocycles. The standard InChI is InChI=1S/C24H29Cl2N5O4S/c1-24(2,18-15(25)10-14(11-16(18)26)31-23(34)29-17(32)12-28-31)22-30-19(13-6-4-3-5-7-13)20(36-22)21(33)35-9-8-27/h12-16,18H,3-7,9-11H2,1-2H3,(H,29,32,34). The van der Waals surface area contributed by atoms with Gasteiger partial charge in [-0.1, -0.05) is 33.1 Å². The number of esters is 1. The van der Waals surface area contributed by atoms with Crippen LogP contribution in [0.15, 0.2) is 15.8 Å². The van der Waals surface area contributed by atoms with Gasteiger partial charge in [0.1, 0.15) is 17.1 Å². The molecule has 2 aromatic rings. The van der Waals surface area contributed by atoms with Crippen LogP contribution in [0, 0.1) is 17.2 Å². The number of nitrogens with one attached hydrogen (secondary N) is 1. The van der Waals surface area contributed by atoms with Gasteiger partial charge in [-0.25, -0.2) is 19.3 Å². The van der Waals surface area contributed by atoms with Crippen molar-refractivity contribution >= 4 is 40.5 Å². The summed E-state index contributed by atoms with van der Waals surface area (Å²) in [7, 11) is 0. The first-order chi connectivity index (χ1) is 17.1. The minimum Gasteiger partial charge on any atom is -0.446 e. The third-order valence-electron chi connectivity index (χ3n) is 7.34. The van der Waals surface area contributed by atoms with E-state index in [9.17, 15) is 14.4 Å². The molecule has 9 nitrogen and oxygen atoms in total. The molecule has 0 spiro atoms. The molecule has 1 N–H and O–H groups in total. The molecule has 2 aliphatic rings. The Labute approximate surface area is 222 Å². The van der Waals surface area contributed by atoms with E-state index in [1.165, 1.54) is 22.4 Å². The number of carbonyl (C=O) groups is 1. The molecule has 2 aliphatic carbocycles. The van der Waals surface area contributed by atoms with Crippen LogP contribution in [0.3, 0.4) is 0 Å². The van der Waals surface area contributed by atoms with Gasteiger partial charge in [-0.2, -0.15) is 10.4 Å². The lowest BCUT2D eigenvalue weighted by atomic mass is 9.69. The van der Waals surface area contributed by atoms with Crippen LogP contribution in [0.5, 0.6) is 0 Å². The van der Waals surface area contributed by atoms with Crippen molar-refractivity contribution in [3.63, 3.8) is 0 Å². The molecular weight excluding hydrogens is 525 g/mol. The summed E-state index contributed by atoms with van der Waals surface area (Å²) in [5.74, 6) is -0.547. The number of hydrogen-bond donors (Lipinski definition) is 1. The lowest BCUT2D eigenvalue weighted by molar-refractivity contribution is 0.0558. The Morgan fingerprint density at radius 2 is 1.92 bits per heavy atom. The third kappa shape index (κ3) is 5.38. The Morgan fingerprint density at radius 1 is 1.25 bits per heavy atom. The molecule has 0 aliphatic heterocycles. The van der Waals surface area contributed by atoms with Crippen LogP contribution in [-0.2, 0) is 10.2 Å². The molecule has 2 fully saturated rings. The molecule has 0 amide bonds. The maximum atomic E-state index is 12.8. The van der Waals surface area contributed by atoms with Crippen LogP contribution in [0.25, 0.3) is 0 Å². The van der Waals surface area contributed by atoms with Gasteiger partial charge in [0.05, 0.1) is 16.7 Å². The summed E-state index contributed by atoms with van der Waals surface area (Å²) < 4.78 is 6.40. The fourth-order valence-corrected chi connectivity index (χ4v) is 8.24. The topological polar surface area (TPSA) is 131 Å². The van der Waals surface area contributed by atoms with Crippen molar-refractivity contribution < 1.29 is 9.53 Å². The van der Waals surface area contributed by atoms with E-state index >= 15 is 0 Å². The number of halogens is 2. The van der Waals surface area contributed by atoms with Gasteiger partial charge in [0, 0.05) is 28.0 Å². The van der Waals surface area contributed by atoms with Gasteiger partial charge in [0.25, 0.3) is 5.56 Å². The van der Waals surface area contributed by atoms with Gasteiger partial charge in [0.15, 0.2) is 6.61 Å². The summed E-state index contributed by atoms with van der Waals surface area (Å²) in [5.41, 5.74) is -0.969. The number of ether oxygens (including phenoxy) is 1. The number of nitriles is 1. The van der Waals surface area contributed by atoms with E-state index in [2.05, 4.69) is 10.1 Å². The molecule has 2 saturated carbocycles. The number of rotatable bonds is 6. The fourth-order valence-electron chi connectivity index (χ4n) is 5.57. The Balaban J connectivity index is 1.63. The maximum absolute atomic E-state index is 12.8. The molecule has 4 rings (SSSR count). The number of H-pyrrole nitrogens is 1.